The van der Waals surface area contributed by atoms with Gasteiger partial charge in [0, 0.05) is 19.2 Å². The van der Waals surface area contributed by atoms with Gasteiger partial charge in [0.15, 0.2) is 0 Å². The third-order valence-corrected chi connectivity index (χ3v) is 2.44. The van der Waals surface area contributed by atoms with E-state index in [-0.39, 0.29) is 24.8 Å². The molecule has 0 saturated heterocycles. The van der Waals surface area contributed by atoms with Crippen LogP contribution < -0.4 is 5.32 Å². The molecule has 1 rings (SSSR count). The molecule has 1 atom stereocenters. The summed E-state index contributed by atoms with van der Waals surface area (Å²) in [5, 5.41) is 15.3. The van der Waals surface area contributed by atoms with E-state index >= 15 is 0 Å². The van der Waals surface area contributed by atoms with Crippen molar-refractivity contribution in [1.29, 1.82) is 0 Å². The van der Waals surface area contributed by atoms with Crippen LogP contribution in [0.1, 0.15) is 38.4 Å². The van der Waals surface area contributed by atoms with E-state index in [9.17, 15) is 9.59 Å². The molecule has 0 radical (unpaired) electrons. The van der Waals surface area contributed by atoms with E-state index in [0.717, 1.165) is 12.2 Å². The number of carbonyl (C=O) groups is 2. The van der Waals surface area contributed by atoms with Crippen molar-refractivity contribution < 1.29 is 14.7 Å². The number of amides is 1. The summed E-state index contributed by atoms with van der Waals surface area (Å²) in [7, 11) is 0. The van der Waals surface area contributed by atoms with Crippen LogP contribution >= 0.6 is 0 Å². The first-order valence-electron chi connectivity index (χ1n) is 5.57. The minimum atomic E-state index is -0.966. The van der Waals surface area contributed by atoms with Crippen LogP contribution in [0.25, 0.3) is 0 Å². The molecular weight excluding hydrogens is 222 g/mol. The molecule has 0 unspecified atom stereocenters. The molecule has 0 fully saturated rings. The Hall–Kier alpha value is -1.85. The second kappa shape index (κ2) is 6.03. The Labute approximate surface area is 99.6 Å². The first kappa shape index (κ1) is 13.2. The Bertz CT molecular complexity index is 400. The topological polar surface area (TPSA) is 84.2 Å². The Morgan fingerprint density at radius 1 is 1.53 bits per heavy atom. The van der Waals surface area contributed by atoms with Crippen molar-refractivity contribution in [1.82, 2.24) is 15.1 Å². The summed E-state index contributed by atoms with van der Waals surface area (Å²) in [6.07, 6.45) is 1.53. The zero-order chi connectivity index (χ0) is 12.8. The van der Waals surface area contributed by atoms with Crippen LogP contribution in [0.4, 0.5) is 0 Å². The van der Waals surface area contributed by atoms with Gasteiger partial charge in [0.25, 0.3) is 0 Å². The lowest BCUT2D eigenvalue weighted by Crippen LogP contribution is -2.28. The summed E-state index contributed by atoms with van der Waals surface area (Å²) in [5.41, 5.74) is 0.913. The third kappa shape index (κ3) is 3.90. The Morgan fingerprint density at radius 3 is 2.82 bits per heavy atom. The number of aliphatic carboxylic acids is 1. The van der Waals surface area contributed by atoms with Gasteiger partial charge in [-0.3, -0.25) is 14.3 Å². The van der Waals surface area contributed by atoms with Crippen molar-refractivity contribution in [3.8, 4) is 0 Å². The van der Waals surface area contributed by atoms with Gasteiger partial charge in [0.1, 0.15) is 0 Å². The fraction of sp³-hybridized carbons (Fsp3) is 0.545. The van der Waals surface area contributed by atoms with E-state index in [1.54, 1.807) is 10.9 Å². The molecule has 1 heterocycles. The van der Waals surface area contributed by atoms with Gasteiger partial charge in [-0.2, -0.15) is 5.10 Å². The maximum atomic E-state index is 11.4. The van der Waals surface area contributed by atoms with Crippen LogP contribution in [0.5, 0.6) is 0 Å². The van der Waals surface area contributed by atoms with E-state index in [4.69, 9.17) is 5.11 Å². The predicted octanol–water partition coefficient (Wildman–Crippen LogP) is 0.945. The smallest absolute Gasteiger partial charge is 0.303 e. The van der Waals surface area contributed by atoms with Gasteiger partial charge in [-0.15, -0.1) is 0 Å². The minimum Gasteiger partial charge on any atom is -0.481 e. The molecule has 2 N–H and O–H groups in total. The molecule has 0 aliphatic rings. The molecule has 1 aromatic heterocycles. The molecule has 6 heteroatoms. The van der Waals surface area contributed by atoms with Crippen LogP contribution in [0.15, 0.2) is 12.3 Å². The fourth-order valence-corrected chi connectivity index (χ4v) is 1.58. The molecule has 17 heavy (non-hydrogen) atoms. The predicted molar refractivity (Wildman–Crippen MR) is 61.3 cm³/mol. The number of rotatable bonds is 6. The summed E-state index contributed by atoms with van der Waals surface area (Å²) < 4.78 is 1.79. The van der Waals surface area contributed by atoms with Gasteiger partial charge in [0.05, 0.1) is 18.2 Å². The standard InChI is InChI=1S/C11H17N3O3/c1-3-14-9(6-7-12-14)8(2)13-10(15)4-5-11(16)17/h6-8H,3-5H2,1-2H3,(H,13,15)(H,16,17)/t8-/m0/s1. The monoisotopic (exact) mass is 239 g/mol. The molecule has 94 valence electrons. The number of carbonyl (C=O) groups excluding carboxylic acids is 1. The highest BCUT2D eigenvalue weighted by atomic mass is 16.4. The number of nitrogens with zero attached hydrogens (tertiary/aromatic N) is 2. The fourth-order valence-electron chi connectivity index (χ4n) is 1.58. The lowest BCUT2D eigenvalue weighted by molar-refractivity contribution is -0.138. The number of aryl methyl sites for hydroxylation is 1. The SMILES string of the molecule is CCn1nccc1[C@H](C)NC(=O)CCC(=O)O. The summed E-state index contributed by atoms with van der Waals surface area (Å²) in [5.74, 6) is -1.23. The average Bonchev–Trinajstić information content (AvgIpc) is 2.74. The first-order valence-corrected chi connectivity index (χ1v) is 5.57. The number of carboxylic acid groups (broad SMARTS) is 1. The van der Waals surface area contributed by atoms with Gasteiger partial charge in [-0.05, 0) is 19.9 Å². The van der Waals surface area contributed by atoms with Crippen molar-refractivity contribution in [2.45, 2.75) is 39.3 Å². The van der Waals surface area contributed by atoms with Gasteiger partial charge < -0.3 is 10.4 Å². The molecule has 0 aliphatic carbocycles. The molecule has 1 aromatic rings. The number of nitrogens with one attached hydrogen (secondary N) is 1. The summed E-state index contributed by atoms with van der Waals surface area (Å²) >= 11 is 0. The molecule has 6 nitrogen and oxygen atoms in total. The van der Waals surface area contributed by atoms with E-state index < -0.39 is 5.97 Å². The molecule has 0 aliphatic heterocycles. The van der Waals surface area contributed by atoms with Crippen molar-refractivity contribution in [2.24, 2.45) is 0 Å². The third-order valence-electron chi connectivity index (χ3n) is 2.44. The molecule has 0 aromatic carbocycles. The zero-order valence-corrected chi connectivity index (χ0v) is 10.0. The van der Waals surface area contributed by atoms with Crippen LogP contribution in [0.2, 0.25) is 0 Å². The summed E-state index contributed by atoms with van der Waals surface area (Å²) in [4.78, 5) is 21.8. The van der Waals surface area contributed by atoms with Crippen molar-refractivity contribution in [3.63, 3.8) is 0 Å². The molecule has 0 spiro atoms. The number of hydrogen-bond acceptors (Lipinski definition) is 3. The van der Waals surface area contributed by atoms with Crippen LogP contribution in [-0.4, -0.2) is 26.8 Å². The van der Waals surface area contributed by atoms with Crippen molar-refractivity contribution in [2.75, 3.05) is 0 Å². The van der Waals surface area contributed by atoms with Gasteiger partial charge in [-0.1, -0.05) is 0 Å². The number of hydrogen-bond donors (Lipinski definition) is 2. The summed E-state index contributed by atoms with van der Waals surface area (Å²) in [6.45, 7) is 4.55. The lowest BCUT2D eigenvalue weighted by atomic mass is 10.2. The van der Waals surface area contributed by atoms with E-state index in [1.165, 1.54) is 0 Å². The molecule has 0 bridgehead atoms. The van der Waals surface area contributed by atoms with Gasteiger partial charge in [-0.25, -0.2) is 0 Å². The van der Waals surface area contributed by atoms with Crippen LogP contribution in [-0.2, 0) is 16.1 Å². The van der Waals surface area contributed by atoms with E-state index in [2.05, 4.69) is 10.4 Å². The normalized spacial score (nSPS) is 12.1. The summed E-state index contributed by atoms with van der Waals surface area (Å²) in [6, 6.07) is 1.67. The second-order valence-electron chi connectivity index (χ2n) is 3.75. The highest BCUT2D eigenvalue weighted by molar-refractivity contribution is 5.80. The maximum Gasteiger partial charge on any atom is 0.303 e. The Balaban J connectivity index is 2.51. The highest BCUT2D eigenvalue weighted by Gasteiger charge is 2.13. The average molecular weight is 239 g/mol. The van der Waals surface area contributed by atoms with E-state index in [0.29, 0.717) is 0 Å². The second-order valence-corrected chi connectivity index (χ2v) is 3.75. The quantitative estimate of drug-likeness (QED) is 0.774. The first-order chi connectivity index (χ1) is 8.04. The van der Waals surface area contributed by atoms with Crippen LogP contribution in [0.3, 0.4) is 0 Å². The lowest BCUT2D eigenvalue weighted by Gasteiger charge is -2.14. The van der Waals surface area contributed by atoms with Gasteiger partial charge >= 0.3 is 5.97 Å². The highest BCUT2D eigenvalue weighted by Crippen LogP contribution is 2.11. The van der Waals surface area contributed by atoms with Crippen molar-refractivity contribution in [3.05, 3.63) is 18.0 Å². The number of aromatic nitrogens is 2. The van der Waals surface area contributed by atoms with Gasteiger partial charge in [0.2, 0.25) is 5.91 Å². The Morgan fingerprint density at radius 2 is 2.24 bits per heavy atom. The molecule has 1 amide bonds. The maximum absolute atomic E-state index is 11.4. The Kier molecular flexibility index (Phi) is 4.68. The van der Waals surface area contributed by atoms with Crippen LogP contribution in [0, 0.1) is 0 Å². The van der Waals surface area contributed by atoms with Crippen molar-refractivity contribution >= 4 is 11.9 Å². The van der Waals surface area contributed by atoms with E-state index in [1.807, 2.05) is 19.9 Å². The molecule has 0 saturated carbocycles. The zero-order valence-electron chi connectivity index (χ0n) is 10.0. The largest absolute Gasteiger partial charge is 0.481 e. The number of carboxylic acids is 1. The minimum absolute atomic E-state index is 0.0000640. The molecular formula is C11H17N3O3.